The fraction of sp³-hybridized carbons (Fsp3) is 0.727. The maximum atomic E-state index is 10.9. The Bertz CT molecular complexity index is 239. The van der Waals surface area contributed by atoms with Gasteiger partial charge in [0, 0.05) is 13.3 Å². The minimum absolute atomic E-state index is 0.102. The number of hydrogen-bond acceptors (Lipinski definition) is 3. The quantitative estimate of drug-likeness (QED) is 0.730. The molecule has 1 unspecified atom stereocenters. The van der Waals surface area contributed by atoms with Gasteiger partial charge in [-0.1, -0.05) is 20.3 Å². The molecule has 5 nitrogen and oxygen atoms in total. The van der Waals surface area contributed by atoms with E-state index < -0.39 is 11.9 Å². The van der Waals surface area contributed by atoms with Crippen molar-refractivity contribution in [2.24, 2.45) is 5.73 Å². The molecule has 0 fully saturated rings. The highest BCUT2D eigenvalue weighted by atomic mass is 16.2. The number of Topliss-reactive ketones (excluding diaryl/α,β-unsaturated/α-hetero) is 1. The van der Waals surface area contributed by atoms with Gasteiger partial charge in [0.05, 0.1) is 6.04 Å². The fourth-order valence-corrected chi connectivity index (χ4v) is 0.909. The molecule has 3 N–H and O–H groups in total. The summed E-state index contributed by atoms with van der Waals surface area (Å²) in [5.41, 5.74) is 4.91. The van der Waals surface area contributed by atoms with Gasteiger partial charge < -0.3 is 11.1 Å². The van der Waals surface area contributed by atoms with E-state index in [4.69, 9.17) is 5.73 Å². The third kappa shape index (κ3) is 12.6. The van der Waals surface area contributed by atoms with E-state index in [0.29, 0.717) is 0 Å². The number of carbonyl (C=O) groups is 3. The SMILES string of the molecule is CC(=O)NC(CCC(N)=O)C(C)=O.CCC. The Hall–Kier alpha value is -1.39. The number of primary amides is 1. The van der Waals surface area contributed by atoms with Crippen molar-refractivity contribution in [1.29, 1.82) is 0 Å². The van der Waals surface area contributed by atoms with Gasteiger partial charge in [0.25, 0.3) is 0 Å². The molecule has 16 heavy (non-hydrogen) atoms. The molecule has 0 aliphatic carbocycles. The first-order valence-electron chi connectivity index (χ1n) is 5.40. The van der Waals surface area contributed by atoms with Crippen LogP contribution in [0.4, 0.5) is 0 Å². The highest BCUT2D eigenvalue weighted by Crippen LogP contribution is 1.97. The maximum Gasteiger partial charge on any atom is 0.217 e. The van der Waals surface area contributed by atoms with E-state index in [1.165, 1.54) is 20.3 Å². The highest BCUT2D eigenvalue weighted by Gasteiger charge is 2.15. The van der Waals surface area contributed by atoms with Crippen molar-refractivity contribution < 1.29 is 14.4 Å². The summed E-state index contributed by atoms with van der Waals surface area (Å²) in [6.45, 7) is 6.93. The second kappa shape index (κ2) is 10.1. The zero-order valence-corrected chi connectivity index (χ0v) is 10.5. The molecule has 0 aliphatic rings. The van der Waals surface area contributed by atoms with Gasteiger partial charge in [-0.05, 0) is 13.3 Å². The first-order valence-corrected chi connectivity index (χ1v) is 5.40. The van der Waals surface area contributed by atoms with Gasteiger partial charge in [-0.3, -0.25) is 14.4 Å². The lowest BCUT2D eigenvalue weighted by molar-refractivity contribution is -0.126. The molecular formula is C11H22N2O3. The Morgan fingerprint density at radius 1 is 1.19 bits per heavy atom. The van der Waals surface area contributed by atoms with Crippen LogP contribution in [0.5, 0.6) is 0 Å². The van der Waals surface area contributed by atoms with Crippen molar-refractivity contribution in [2.75, 3.05) is 0 Å². The minimum Gasteiger partial charge on any atom is -0.370 e. The Balaban J connectivity index is 0. The molecule has 0 aromatic carbocycles. The first kappa shape index (κ1) is 17.0. The van der Waals surface area contributed by atoms with Crippen LogP contribution < -0.4 is 11.1 Å². The van der Waals surface area contributed by atoms with Crippen LogP contribution in [0.3, 0.4) is 0 Å². The van der Waals surface area contributed by atoms with Crippen molar-refractivity contribution in [3.63, 3.8) is 0 Å². The number of nitrogens with one attached hydrogen (secondary N) is 1. The monoisotopic (exact) mass is 230 g/mol. The van der Waals surface area contributed by atoms with Gasteiger partial charge in [0.2, 0.25) is 11.8 Å². The number of hydrogen-bond donors (Lipinski definition) is 2. The van der Waals surface area contributed by atoms with Crippen LogP contribution in [0, 0.1) is 0 Å². The van der Waals surface area contributed by atoms with Gasteiger partial charge in [0.15, 0.2) is 5.78 Å². The summed E-state index contributed by atoms with van der Waals surface area (Å²) in [5.74, 6) is -0.933. The summed E-state index contributed by atoms with van der Waals surface area (Å²) in [6.07, 6.45) is 1.62. The fourth-order valence-electron chi connectivity index (χ4n) is 0.909. The van der Waals surface area contributed by atoms with Crippen LogP contribution in [0.1, 0.15) is 47.0 Å². The lowest BCUT2D eigenvalue weighted by Gasteiger charge is -2.12. The Kier molecular flexibility index (Phi) is 10.8. The average molecular weight is 230 g/mol. The highest BCUT2D eigenvalue weighted by molar-refractivity contribution is 5.87. The number of amides is 2. The largest absolute Gasteiger partial charge is 0.370 e. The smallest absolute Gasteiger partial charge is 0.217 e. The van der Waals surface area contributed by atoms with Crippen molar-refractivity contribution in [2.45, 2.75) is 53.0 Å². The summed E-state index contributed by atoms with van der Waals surface area (Å²) in [4.78, 5) is 32.0. The standard InChI is InChI=1S/C8H14N2O3.C3H8/c1-5(11)7(10-6(2)12)3-4-8(9)13;1-3-2/h7H,3-4H2,1-2H3,(H2,9,13)(H,10,12);3H2,1-2H3. The van der Waals surface area contributed by atoms with E-state index in [1.54, 1.807) is 0 Å². The van der Waals surface area contributed by atoms with Gasteiger partial charge in [-0.25, -0.2) is 0 Å². The van der Waals surface area contributed by atoms with E-state index >= 15 is 0 Å². The number of rotatable bonds is 5. The third-order valence-corrected chi connectivity index (χ3v) is 1.55. The molecule has 0 aliphatic heterocycles. The zero-order valence-electron chi connectivity index (χ0n) is 10.5. The molecule has 5 heteroatoms. The van der Waals surface area contributed by atoms with Crippen LogP contribution in [-0.4, -0.2) is 23.6 Å². The summed E-state index contributed by atoms with van der Waals surface area (Å²) in [7, 11) is 0. The van der Waals surface area contributed by atoms with Crippen LogP contribution >= 0.6 is 0 Å². The first-order chi connectivity index (χ1) is 7.34. The molecule has 0 aromatic heterocycles. The number of nitrogens with two attached hydrogens (primary N) is 1. The van der Waals surface area contributed by atoms with E-state index in [0.717, 1.165) is 0 Å². The summed E-state index contributed by atoms with van der Waals surface area (Å²) in [6, 6.07) is -0.593. The molecule has 0 heterocycles. The van der Waals surface area contributed by atoms with Crippen LogP contribution in [0.25, 0.3) is 0 Å². The predicted octanol–water partition coefficient (Wildman–Crippen LogP) is 0.762. The molecule has 2 amide bonds. The summed E-state index contributed by atoms with van der Waals surface area (Å²) in [5, 5.41) is 2.44. The van der Waals surface area contributed by atoms with Crippen molar-refractivity contribution in [3.8, 4) is 0 Å². The molecule has 0 aromatic rings. The minimum atomic E-state index is -0.593. The Morgan fingerprint density at radius 2 is 1.62 bits per heavy atom. The average Bonchev–Trinajstić information content (AvgIpc) is 2.12. The molecule has 94 valence electrons. The molecule has 0 rings (SSSR count). The Labute approximate surface area is 96.8 Å². The molecule has 0 bridgehead atoms. The predicted molar refractivity (Wildman–Crippen MR) is 62.7 cm³/mol. The maximum absolute atomic E-state index is 10.9. The van der Waals surface area contributed by atoms with Gasteiger partial charge in [-0.2, -0.15) is 0 Å². The van der Waals surface area contributed by atoms with Crippen LogP contribution in [0.2, 0.25) is 0 Å². The molecule has 0 saturated heterocycles. The van der Waals surface area contributed by atoms with E-state index in [9.17, 15) is 14.4 Å². The zero-order chi connectivity index (χ0) is 13.1. The van der Waals surface area contributed by atoms with E-state index in [1.807, 2.05) is 0 Å². The third-order valence-electron chi connectivity index (χ3n) is 1.55. The number of ketones is 1. The van der Waals surface area contributed by atoms with Crippen molar-refractivity contribution >= 4 is 17.6 Å². The topological polar surface area (TPSA) is 89.3 Å². The van der Waals surface area contributed by atoms with Gasteiger partial charge in [0.1, 0.15) is 0 Å². The Morgan fingerprint density at radius 3 is 1.88 bits per heavy atom. The van der Waals surface area contributed by atoms with Gasteiger partial charge >= 0.3 is 0 Å². The van der Waals surface area contributed by atoms with Gasteiger partial charge in [-0.15, -0.1) is 0 Å². The lowest BCUT2D eigenvalue weighted by atomic mass is 10.1. The molecular weight excluding hydrogens is 208 g/mol. The normalized spacial score (nSPS) is 10.8. The summed E-state index contributed by atoms with van der Waals surface area (Å²) >= 11 is 0. The summed E-state index contributed by atoms with van der Waals surface area (Å²) < 4.78 is 0. The molecule has 0 saturated carbocycles. The van der Waals surface area contributed by atoms with E-state index in [-0.39, 0.29) is 24.5 Å². The van der Waals surface area contributed by atoms with Crippen LogP contribution in [0.15, 0.2) is 0 Å². The molecule has 0 radical (unpaired) electrons. The second-order valence-corrected chi connectivity index (χ2v) is 3.58. The van der Waals surface area contributed by atoms with Crippen molar-refractivity contribution in [3.05, 3.63) is 0 Å². The van der Waals surface area contributed by atoms with E-state index in [2.05, 4.69) is 19.2 Å². The molecule has 0 spiro atoms. The molecule has 1 atom stereocenters. The lowest BCUT2D eigenvalue weighted by Crippen LogP contribution is -2.39. The van der Waals surface area contributed by atoms with Crippen molar-refractivity contribution in [1.82, 2.24) is 5.32 Å². The van der Waals surface area contributed by atoms with Crippen LogP contribution in [-0.2, 0) is 14.4 Å². The number of carbonyl (C=O) groups excluding carboxylic acids is 3. The second-order valence-electron chi connectivity index (χ2n) is 3.58.